The van der Waals surface area contributed by atoms with Gasteiger partial charge in [-0.05, 0) is 62.2 Å². The molecule has 0 aliphatic carbocycles. The molecule has 0 radical (unpaired) electrons. The van der Waals surface area contributed by atoms with E-state index >= 15 is 0 Å². The van der Waals surface area contributed by atoms with E-state index in [0.29, 0.717) is 27.6 Å². The Labute approximate surface area is 151 Å². The van der Waals surface area contributed by atoms with Crippen molar-refractivity contribution in [2.75, 3.05) is 12.4 Å². The highest BCUT2D eigenvalue weighted by Gasteiger charge is 2.18. The van der Waals surface area contributed by atoms with Gasteiger partial charge in [0.15, 0.2) is 6.10 Å². The molecule has 0 bridgehead atoms. The van der Waals surface area contributed by atoms with Gasteiger partial charge in [-0.25, -0.2) is 4.79 Å². The number of carbonyl (C=O) groups is 2. The van der Waals surface area contributed by atoms with Crippen LogP contribution < -0.4 is 10.1 Å². The number of amides is 1. The zero-order valence-corrected chi connectivity index (χ0v) is 15.3. The fourth-order valence-electron chi connectivity index (χ4n) is 2.28. The predicted octanol–water partition coefficient (Wildman–Crippen LogP) is 4.15. The maximum absolute atomic E-state index is 12.4. The first-order valence-corrected chi connectivity index (χ1v) is 8.13. The van der Waals surface area contributed by atoms with Crippen molar-refractivity contribution in [1.82, 2.24) is 0 Å². The summed E-state index contributed by atoms with van der Waals surface area (Å²) in [4.78, 5) is 24.1. The second-order valence-electron chi connectivity index (χ2n) is 5.63. The molecule has 0 saturated carbocycles. The number of nitrogens with one attached hydrogen (secondary N) is 1. The second kappa shape index (κ2) is 8.03. The summed E-state index contributed by atoms with van der Waals surface area (Å²) in [5.74, 6) is -0.211. The Morgan fingerprint density at radius 3 is 2.52 bits per heavy atom. The smallest absolute Gasteiger partial charge is 0.338 e. The van der Waals surface area contributed by atoms with E-state index in [1.807, 2.05) is 6.92 Å². The van der Waals surface area contributed by atoms with Gasteiger partial charge in [0.2, 0.25) is 0 Å². The second-order valence-corrected chi connectivity index (χ2v) is 6.04. The van der Waals surface area contributed by atoms with Crippen LogP contribution in [0.25, 0.3) is 0 Å². The highest BCUT2D eigenvalue weighted by Crippen LogP contribution is 2.23. The summed E-state index contributed by atoms with van der Waals surface area (Å²) >= 11 is 5.98. The Hall–Kier alpha value is -2.53. The Bertz CT molecular complexity index is 804. The molecule has 2 aromatic carbocycles. The third kappa shape index (κ3) is 4.51. The van der Waals surface area contributed by atoms with Crippen LogP contribution in [0.1, 0.15) is 28.4 Å². The molecular weight excluding hydrogens is 342 g/mol. The van der Waals surface area contributed by atoms with Crippen LogP contribution in [0, 0.1) is 13.8 Å². The summed E-state index contributed by atoms with van der Waals surface area (Å²) < 4.78 is 10.4. The zero-order chi connectivity index (χ0) is 18.6. The van der Waals surface area contributed by atoms with Gasteiger partial charge in [0, 0.05) is 10.7 Å². The average molecular weight is 362 g/mol. The van der Waals surface area contributed by atoms with Crippen LogP contribution in [0.4, 0.5) is 5.69 Å². The summed E-state index contributed by atoms with van der Waals surface area (Å²) in [6.45, 7) is 5.26. The largest absolute Gasteiger partial charge is 0.481 e. The molecule has 5 nitrogen and oxygen atoms in total. The molecule has 0 aliphatic rings. The summed E-state index contributed by atoms with van der Waals surface area (Å²) in [7, 11) is 1.32. The summed E-state index contributed by atoms with van der Waals surface area (Å²) in [6.07, 6.45) is -0.721. The number of methoxy groups -OCH3 is 1. The molecule has 0 aromatic heterocycles. The summed E-state index contributed by atoms with van der Waals surface area (Å²) in [5, 5.41) is 3.42. The number of hydrogen-bond acceptors (Lipinski definition) is 4. The van der Waals surface area contributed by atoms with Crippen LogP contribution >= 0.6 is 11.6 Å². The first-order chi connectivity index (χ1) is 11.8. The number of rotatable bonds is 5. The van der Waals surface area contributed by atoms with Crippen molar-refractivity contribution in [2.24, 2.45) is 0 Å². The summed E-state index contributed by atoms with van der Waals surface area (Å²) in [5.41, 5.74) is 2.45. The highest BCUT2D eigenvalue weighted by molar-refractivity contribution is 6.31. The van der Waals surface area contributed by atoms with Gasteiger partial charge in [0.25, 0.3) is 5.91 Å². The molecule has 0 saturated heterocycles. The number of anilines is 1. The number of benzene rings is 2. The monoisotopic (exact) mass is 361 g/mol. The molecule has 0 spiro atoms. The quantitative estimate of drug-likeness (QED) is 0.812. The van der Waals surface area contributed by atoms with Crippen LogP contribution in [0.5, 0.6) is 5.75 Å². The maximum Gasteiger partial charge on any atom is 0.338 e. The molecule has 1 atom stereocenters. The Morgan fingerprint density at radius 1 is 1.16 bits per heavy atom. The lowest BCUT2D eigenvalue weighted by Gasteiger charge is -2.17. The van der Waals surface area contributed by atoms with E-state index in [0.717, 1.165) is 5.56 Å². The Kier molecular flexibility index (Phi) is 6.04. The maximum atomic E-state index is 12.4. The molecule has 1 unspecified atom stereocenters. The van der Waals surface area contributed by atoms with E-state index < -0.39 is 12.1 Å². The van der Waals surface area contributed by atoms with E-state index in [1.165, 1.54) is 7.11 Å². The number of aryl methyl sites for hydroxylation is 1. The van der Waals surface area contributed by atoms with Crippen LogP contribution in [-0.4, -0.2) is 25.1 Å². The van der Waals surface area contributed by atoms with Crippen LogP contribution in [0.2, 0.25) is 5.02 Å². The SMILES string of the molecule is COC(=O)c1cccc(NC(=O)C(C)Oc2ccc(Cl)c(C)c2)c1C. The molecule has 2 rings (SSSR count). The minimum Gasteiger partial charge on any atom is -0.481 e. The molecule has 132 valence electrons. The minimum atomic E-state index is -0.721. The van der Waals surface area contributed by atoms with Gasteiger partial charge in [-0.1, -0.05) is 17.7 Å². The lowest BCUT2D eigenvalue weighted by Crippen LogP contribution is -2.30. The van der Waals surface area contributed by atoms with Gasteiger partial charge in [0.05, 0.1) is 12.7 Å². The van der Waals surface area contributed by atoms with Crippen molar-refractivity contribution in [1.29, 1.82) is 0 Å². The van der Waals surface area contributed by atoms with Crippen LogP contribution in [0.15, 0.2) is 36.4 Å². The van der Waals surface area contributed by atoms with Gasteiger partial charge in [-0.2, -0.15) is 0 Å². The van der Waals surface area contributed by atoms with E-state index in [1.54, 1.807) is 50.2 Å². The number of hydrogen-bond donors (Lipinski definition) is 1. The van der Waals surface area contributed by atoms with Crippen molar-refractivity contribution in [3.05, 3.63) is 58.1 Å². The number of ether oxygens (including phenoxy) is 2. The molecular formula is C19H20ClNO4. The van der Waals surface area contributed by atoms with Gasteiger partial charge in [-0.15, -0.1) is 0 Å². The predicted molar refractivity (Wildman–Crippen MR) is 97.4 cm³/mol. The number of esters is 1. The average Bonchev–Trinajstić information content (AvgIpc) is 2.59. The molecule has 25 heavy (non-hydrogen) atoms. The molecule has 6 heteroatoms. The fraction of sp³-hybridized carbons (Fsp3) is 0.263. The van der Waals surface area contributed by atoms with Crippen LogP contribution in [-0.2, 0) is 9.53 Å². The van der Waals surface area contributed by atoms with Crippen LogP contribution in [0.3, 0.4) is 0 Å². The normalized spacial score (nSPS) is 11.6. The van der Waals surface area contributed by atoms with E-state index in [9.17, 15) is 9.59 Å². The highest BCUT2D eigenvalue weighted by atomic mass is 35.5. The standard InChI is InChI=1S/C19H20ClNO4/c1-11-10-14(8-9-16(11)20)25-13(3)18(22)21-17-7-5-6-15(12(17)2)19(23)24-4/h5-10,13H,1-4H3,(H,21,22). The third-order valence-corrected chi connectivity index (χ3v) is 4.23. The van der Waals surface area contributed by atoms with Gasteiger partial charge >= 0.3 is 5.97 Å². The molecule has 1 N–H and O–H groups in total. The lowest BCUT2D eigenvalue weighted by molar-refractivity contribution is -0.122. The Balaban J connectivity index is 2.11. The topological polar surface area (TPSA) is 64.6 Å². The van der Waals surface area contributed by atoms with Gasteiger partial charge in [-0.3, -0.25) is 4.79 Å². The van der Waals surface area contributed by atoms with Crippen molar-refractivity contribution in [3.63, 3.8) is 0 Å². The molecule has 2 aromatic rings. The fourth-order valence-corrected chi connectivity index (χ4v) is 2.40. The van der Waals surface area contributed by atoms with E-state index in [4.69, 9.17) is 21.1 Å². The van der Waals surface area contributed by atoms with Crippen molar-refractivity contribution < 1.29 is 19.1 Å². The van der Waals surface area contributed by atoms with Gasteiger partial charge in [0.1, 0.15) is 5.75 Å². The first kappa shape index (κ1) is 18.8. The van der Waals surface area contributed by atoms with Crippen molar-refractivity contribution in [3.8, 4) is 5.75 Å². The Morgan fingerprint density at radius 2 is 1.88 bits per heavy atom. The van der Waals surface area contributed by atoms with Crippen molar-refractivity contribution in [2.45, 2.75) is 26.9 Å². The lowest BCUT2D eigenvalue weighted by atomic mass is 10.1. The third-order valence-electron chi connectivity index (χ3n) is 3.81. The first-order valence-electron chi connectivity index (χ1n) is 7.75. The van der Waals surface area contributed by atoms with E-state index in [2.05, 4.69) is 5.32 Å². The molecule has 0 aliphatic heterocycles. The summed E-state index contributed by atoms with van der Waals surface area (Å²) in [6, 6.07) is 10.3. The molecule has 0 heterocycles. The molecule has 1 amide bonds. The molecule has 0 fully saturated rings. The number of carbonyl (C=O) groups excluding carboxylic acids is 2. The van der Waals surface area contributed by atoms with Gasteiger partial charge < -0.3 is 14.8 Å². The van der Waals surface area contributed by atoms with Crippen molar-refractivity contribution >= 4 is 29.2 Å². The van der Waals surface area contributed by atoms with E-state index in [-0.39, 0.29) is 5.91 Å². The zero-order valence-electron chi connectivity index (χ0n) is 14.6. The number of halogens is 1. The minimum absolute atomic E-state index is 0.322.